The van der Waals surface area contributed by atoms with Crippen molar-refractivity contribution in [2.75, 3.05) is 18.8 Å². The molecule has 1 aliphatic rings. The molecule has 1 fully saturated rings. The first kappa shape index (κ1) is 11.2. The minimum atomic E-state index is -1.16. The van der Waals surface area contributed by atoms with Crippen LogP contribution in [-0.2, 0) is 10.8 Å². The summed E-state index contributed by atoms with van der Waals surface area (Å²) in [4.78, 5) is 4.05. The number of rotatable bonds is 3. The number of aromatic nitrogens is 1. The summed E-state index contributed by atoms with van der Waals surface area (Å²) in [6, 6.07) is 5.38. The van der Waals surface area contributed by atoms with Crippen LogP contribution in [-0.4, -0.2) is 28.0 Å². The highest BCUT2D eigenvalue weighted by atomic mass is 32.2. The summed E-state index contributed by atoms with van der Waals surface area (Å²) in [7, 11) is -1.16. The second-order valence-corrected chi connectivity index (χ2v) is 5.25. The summed E-state index contributed by atoms with van der Waals surface area (Å²) < 4.78 is 12.1. The van der Waals surface area contributed by atoms with Crippen molar-refractivity contribution in [3.8, 4) is 6.07 Å². The van der Waals surface area contributed by atoms with Crippen molar-refractivity contribution < 1.29 is 4.21 Å². The molecule has 0 spiro atoms. The average molecular weight is 235 g/mol. The van der Waals surface area contributed by atoms with E-state index in [4.69, 9.17) is 5.26 Å². The third-order valence-electron chi connectivity index (χ3n) is 2.66. The lowest BCUT2D eigenvalue weighted by Gasteiger charge is -2.07. The molecule has 84 valence electrons. The normalized spacial score (nSPS) is 21.6. The molecule has 1 aromatic rings. The smallest absolute Gasteiger partial charge is 0.144 e. The number of nitrogens with one attached hydrogen (secondary N) is 1. The SMILES string of the molecule is N#Cc1cccnc1S(=O)CC1CCNC1. The summed E-state index contributed by atoms with van der Waals surface area (Å²) in [5.74, 6) is 1.04. The van der Waals surface area contributed by atoms with Crippen LogP contribution in [0.15, 0.2) is 23.4 Å². The largest absolute Gasteiger partial charge is 0.316 e. The first-order valence-electron chi connectivity index (χ1n) is 5.25. The Balaban J connectivity index is 2.11. The summed E-state index contributed by atoms with van der Waals surface area (Å²) >= 11 is 0. The summed E-state index contributed by atoms with van der Waals surface area (Å²) in [5, 5.41) is 12.6. The number of pyridine rings is 1. The zero-order chi connectivity index (χ0) is 11.4. The van der Waals surface area contributed by atoms with E-state index in [-0.39, 0.29) is 0 Å². The van der Waals surface area contributed by atoms with Gasteiger partial charge in [0.2, 0.25) is 0 Å². The molecule has 5 heteroatoms. The monoisotopic (exact) mass is 235 g/mol. The summed E-state index contributed by atoms with van der Waals surface area (Å²) in [6.45, 7) is 1.91. The van der Waals surface area contributed by atoms with Crippen molar-refractivity contribution >= 4 is 10.8 Å². The number of nitrogens with zero attached hydrogens (tertiary/aromatic N) is 2. The van der Waals surface area contributed by atoms with E-state index in [9.17, 15) is 4.21 Å². The number of hydrogen-bond acceptors (Lipinski definition) is 4. The predicted octanol–water partition coefficient (Wildman–Crippen LogP) is 0.670. The van der Waals surface area contributed by atoms with E-state index in [0.717, 1.165) is 19.5 Å². The second kappa shape index (κ2) is 5.19. The van der Waals surface area contributed by atoms with Gasteiger partial charge in [-0.15, -0.1) is 0 Å². The molecule has 0 aliphatic carbocycles. The van der Waals surface area contributed by atoms with Crippen LogP contribution in [0.1, 0.15) is 12.0 Å². The minimum absolute atomic E-state index is 0.423. The fraction of sp³-hybridized carbons (Fsp3) is 0.455. The average Bonchev–Trinajstić information content (AvgIpc) is 2.81. The first-order chi connectivity index (χ1) is 7.81. The second-order valence-electron chi connectivity index (χ2n) is 3.84. The third kappa shape index (κ3) is 2.46. The molecule has 0 radical (unpaired) electrons. The molecule has 2 heterocycles. The van der Waals surface area contributed by atoms with Gasteiger partial charge < -0.3 is 5.32 Å². The molecular weight excluding hydrogens is 222 g/mol. The fourth-order valence-corrected chi connectivity index (χ4v) is 3.21. The van der Waals surface area contributed by atoms with Gasteiger partial charge in [-0.25, -0.2) is 4.98 Å². The lowest BCUT2D eigenvalue weighted by molar-refractivity contribution is 0.630. The summed E-state index contributed by atoms with van der Waals surface area (Å²) in [6.07, 6.45) is 2.64. The van der Waals surface area contributed by atoms with Crippen LogP contribution in [0, 0.1) is 17.2 Å². The van der Waals surface area contributed by atoms with E-state index in [0.29, 0.717) is 22.3 Å². The Morgan fingerprint density at radius 2 is 2.56 bits per heavy atom. The van der Waals surface area contributed by atoms with E-state index < -0.39 is 10.8 Å². The maximum atomic E-state index is 12.1. The topological polar surface area (TPSA) is 65.8 Å². The van der Waals surface area contributed by atoms with E-state index >= 15 is 0 Å². The highest BCUT2D eigenvalue weighted by molar-refractivity contribution is 7.85. The van der Waals surface area contributed by atoms with Crippen molar-refractivity contribution in [3.63, 3.8) is 0 Å². The molecule has 0 bridgehead atoms. The van der Waals surface area contributed by atoms with Gasteiger partial charge in [-0.3, -0.25) is 4.21 Å². The number of hydrogen-bond donors (Lipinski definition) is 1. The van der Waals surface area contributed by atoms with Crippen molar-refractivity contribution in [1.29, 1.82) is 5.26 Å². The van der Waals surface area contributed by atoms with Crippen LogP contribution in [0.25, 0.3) is 0 Å². The van der Waals surface area contributed by atoms with E-state index in [1.807, 2.05) is 6.07 Å². The molecule has 2 atom stereocenters. The lowest BCUT2D eigenvalue weighted by atomic mass is 10.2. The fourth-order valence-electron chi connectivity index (χ4n) is 1.81. The molecule has 4 nitrogen and oxygen atoms in total. The Kier molecular flexibility index (Phi) is 3.65. The molecule has 1 saturated heterocycles. The van der Waals surface area contributed by atoms with Crippen LogP contribution in [0.4, 0.5) is 0 Å². The standard InChI is InChI=1S/C11H13N3OS/c12-6-10-2-1-4-14-11(10)16(15)8-9-3-5-13-7-9/h1-2,4,9,13H,3,5,7-8H2. The molecule has 2 rings (SSSR count). The Hall–Kier alpha value is -1.25. The molecule has 0 amide bonds. The van der Waals surface area contributed by atoms with Crippen LogP contribution < -0.4 is 5.32 Å². The maximum Gasteiger partial charge on any atom is 0.144 e. The van der Waals surface area contributed by atoms with Crippen molar-refractivity contribution in [2.45, 2.75) is 11.4 Å². The Labute approximate surface area is 97.2 Å². The van der Waals surface area contributed by atoms with Crippen molar-refractivity contribution in [2.24, 2.45) is 5.92 Å². The predicted molar refractivity (Wildman–Crippen MR) is 61.2 cm³/mol. The lowest BCUT2D eigenvalue weighted by Crippen LogP contribution is -2.16. The summed E-state index contributed by atoms with van der Waals surface area (Å²) in [5.41, 5.74) is 0.423. The van der Waals surface area contributed by atoms with Crippen molar-refractivity contribution in [1.82, 2.24) is 10.3 Å². The first-order valence-corrected chi connectivity index (χ1v) is 6.57. The van der Waals surface area contributed by atoms with Gasteiger partial charge in [0, 0.05) is 11.9 Å². The van der Waals surface area contributed by atoms with E-state index in [1.54, 1.807) is 18.3 Å². The molecule has 0 aromatic carbocycles. The zero-order valence-corrected chi connectivity index (χ0v) is 9.67. The number of nitriles is 1. The maximum absolute atomic E-state index is 12.1. The molecule has 1 N–H and O–H groups in total. The van der Waals surface area contributed by atoms with Crippen LogP contribution >= 0.6 is 0 Å². The van der Waals surface area contributed by atoms with E-state index in [2.05, 4.69) is 10.3 Å². The highest BCUT2D eigenvalue weighted by Crippen LogP contribution is 2.15. The molecule has 2 unspecified atom stereocenters. The van der Waals surface area contributed by atoms with Crippen LogP contribution in [0.3, 0.4) is 0 Å². The van der Waals surface area contributed by atoms with Gasteiger partial charge in [0.1, 0.15) is 11.1 Å². The Morgan fingerprint density at radius 1 is 1.69 bits per heavy atom. The van der Waals surface area contributed by atoms with Gasteiger partial charge >= 0.3 is 0 Å². The minimum Gasteiger partial charge on any atom is -0.316 e. The third-order valence-corrected chi connectivity index (χ3v) is 4.19. The van der Waals surface area contributed by atoms with Gasteiger partial charge in [-0.2, -0.15) is 5.26 Å². The van der Waals surface area contributed by atoms with Gasteiger partial charge in [0.15, 0.2) is 0 Å². The Bertz CT molecular complexity index is 435. The Morgan fingerprint density at radius 3 is 3.25 bits per heavy atom. The van der Waals surface area contributed by atoms with Crippen LogP contribution in [0.5, 0.6) is 0 Å². The van der Waals surface area contributed by atoms with Gasteiger partial charge in [-0.05, 0) is 37.6 Å². The van der Waals surface area contributed by atoms with Crippen LogP contribution in [0.2, 0.25) is 0 Å². The quantitative estimate of drug-likeness (QED) is 0.836. The van der Waals surface area contributed by atoms with Gasteiger partial charge in [0.05, 0.1) is 16.4 Å². The molecule has 16 heavy (non-hydrogen) atoms. The molecule has 0 saturated carbocycles. The molecule has 1 aliphatic heterocycles. The van der Waals surface area contributed by atoms with Gasteiger partial charge in [-0.1, -0.05) is 0 Å². The molecule has 1 aromatic heterocycles. The van der Waals surface area contributed by atoms with E-state index in [1.165, 1.54) is 0 Å². The molecular formula is C11H13N3OS. The van der Waals surface area contributed by atoms with Gasteiger partial charge in [0.25, 0.3) is 0 Å². The zero-order valence-electron chi connectivity index (χ0n) is 8.85. The van der Waals surface area contributed by atoms with Crippen molar-refractivity contribution in [3.05, 3.63) is 23.9 Å². The highest BCUT2D eigenvalue weighted by Gasteiger charge is 2.20.